The van der Waals surface area contributed by atoms with Crippen molar-refractivity contribution in [2.75, 3.05) is 20.3 Å². The minimum absolute atomic E-state index is 0.248. The van der Waals surface area contributed by atoms with Crippen molar-refractivity contribution in [3.05, 3.63) is 35.4 Å². The third kappa shape index (κ3) is 2.55. The molecule has 3 rings (SSSR count). The first-order valence-corrected chi connectivity index (χ1v) is 7.33. The highest BCUT2D eigenvalue weighted by atomic mass is 16.5. The quantitative estimate of drug-likeness (QED) is 0.885. The van der Waals surface area contributed by atoms with E-state index in [9.17, 15) is 5.11 Å². The second kappa shape index (κ2) is 5.61. The molecule has 0 amide bonds. The largest absolute Gasteiger partial charge is 0.387 e. The van der Waals surface area contributed by atoms with E-state index in [1.807, 2.05) is 6.07 Å². The number of aliphatic hydroxyl groups is 1. The molecule has 2 unspecified atom stereocenters. The number of benzene rings is 1. The molecule has 0 aromatic heterocycles. The summed E-state index contributed by atoms with van der Waals surface area (Å²) in [5, 5.41) is 10.6. The van der Waals surface area contributed by atoms with Crippen molar-refractivity contribution in [3.63, 3.8) is 0 Å². The molecule has 1 saturated heterocycles. The van der Waals surface area contributed by atoms with Crippen molar-refractivity contribution >= 4 is 0 Å². The van der Waals surface area contributed by atoms with Gasteiger partial charge in [-0.05, 0) is 43.9 Å². The number of ether oxygens (including phenoxy) is 1. The van der Waals surface area contributed by atoms with Crippen molar-refractivity contribution in [3.8, 4) is 0 Å². The number of hydrogen-bond acceptors (Lipinski definition) is 3. The summed E-state index contributed by atoms with van der Waals surface area (Å²) in [4.78, 5) is 2.39. The lowest BCUT2D eigenvalue weighted by Crippen LogP contribution is -2.47. The van der Waals surface area contributed by atoms with Crippen LogP contribution >= 0.6 is 0 Å². The van der Waals surface area contributed by atoms with E-state index >= 15 is 0 Å². The summed E-state index contributed by atoms with van der Waals surface area (Å²) >= 11 is 0. The average Bonchev–Trinajstić information content (AvgIpc) is 2.48. The van der Waals surface area contributed by atoms with Crippen LogP contribution in [-0.2, 0) is 11.2 Å². The van der Waals surface area contributed by atoms with Gasteiger partial charge in [-0.3, -0.25) is 4.90 Å². The predicted molar refractivity (Wildman–Crippen MR) is 75.1 cm³/mol. The lowest BCUT2D eigenvalue weighted by Gasteiger charge is -2.41. The first-order chi connectivity index (χ1) is 9.27. The lowest BCUT2D eigenvalue weighted by molar-refractivity contribution is -0.0139. The molecular formula is C16H23NO2. The molecule has 1 aliphatic heterocycles. The number of likely N-dealkylation sites (N-methyl/N-ethyl adjacent to an activating group) is 1. The first kappa shape index (κ1) is 13.1. The van der Waals surface area contributed by atoms with Gasteiger partial charge in [0, 0.05) is 25.3 Å². The minimum atomic E-state index is -0.349. The Bertz CT molecular complexity index is 429. The second-order valence-corrected chi connectivity index (χ2v) is 5.76. The Hall–Kier alpha value is -0.900. The Morgan fingerprint density at radius 2 is 1.89 bits per heavy atom. The van der Waals surface area contributed by atoms with E-state index in [4.69, 9.17) is 4.74 Å². The molecule has 3 heteroatoms. The Morgan fingerprint density at radius 3 is 2.68 bits per heavy atom. The van der Waals surface area contributed by atoms with Gasteiger partial charge in [-0.25, -0.2) is 0 Å². The van der Waals surface area contributed by atoms with E-state index in [0.29, 0.717) is 6.04 Å². The van der Waals surface area contributed by atoms with Crippen molar-refractivity contribution in [2.24, 2.45) is 0 Å². The number of fused-ring (bicyclic) bond motifs is 1. The van der Waals surface area contributed by atoms with Crippen LogP contribution in [0.4, 0.5) is 0 Å². The van der Waals surface area contributed by atoms with E-state index in [0.717, 1.165) is 44.5 Å². The van der Waals surface area contributed by atoms with Gasteiger partial charge in [0.15, 0.2) is 0 Å². The third-order valence-corrected chi connectivity index (χ3v) is 4.74. The second-order valence-electron chi connectivity index (χ2n) is 5.76. The van der Waals surface area contributed by atoms with E-state index in [1.54, 1.807) is 0 Å². The molecule has 104 valence electrons. The maximum absolute atomic E-state index is 10.6. The number of hydrogen-bond donors (Lipinski definition) is 1. The zero-order chi connectivity index (χ0) is 13.2. The molecule has 1 aliphatic carbocycles. The van der Waals surface area contributed by atoms with Crippen LogP contribution in [-0.4, -0.2) is 42.4 Å². The summed E-state index contributed by atoms with van der Waals surface area (Å²) in [5.74, 6) is 0. The summed E-state index contributed by atoms with van der Waals surface area (Å²) in [7, 11) is 2.16. The van der Waals surface area contributed by atoms with E-state index in [1.165, 1.54) is 5.56 Å². The van der Waals surface area contributed by atoms with Gasteiger partial charge < -0.3 is 9.84 Å². The Kier molecular flexibility index (Phi) is 3.87. The van der Waals surface area contributed by atoms with Crippen LogP contribution in [0.25, 0.3) is 0 Å². The molecule has 0 saturated carbocycles. The van der Waals surface area contributed by atoms with Gasteiger partial charge in [0.1, 0.15) is 0 Å². The molecule has 0 bridgehead atoms. The van der Waals surface area contributed by atoms with Crippen LogP contribution in [0.1, 0.15) is 36.5 Å². The van der Waals surface area contributed by atoms with Gasteiger partial charge in [0.2, 0.25) is 0 Å². The SMILES string of the molecule is CN(C1CCOCC1)C1CCc2ccccc2C1O. The van der Waals surface area contributed by atoms with E-state index < -0.39 is 0 Å². The number of nitrogens with zero attached hydrogens (tertiary/aromatic N) is 1. The highest BCUT2D eigenvalue weighted by molar-refractivity contribution is 5.32. The van der Waals surface area contributed by atoms with Crippen molar-refractivity contribution in [1.29, 1.82) is 0 Å². The highest BCUT2D eigenvalue weighted by Crippen LogP contribution is 2.34. The molecule has 2 atom stereocenters. The van der Waals surface area contributed by atoms with Gasteiger partial charge >= 0.3 is 0 Å². The zero-order valence-electron chi connectivity index (χ0n) is 11.6. The molecule has 1 aromatic rings. The Morgan fingerprint density at radius 1 is 1.16 bits per heavy atom. The molecule has 1 aromatic carbocycles. The molecule has 19 heavy (non-hydrogen) atoms. The van der Waals surface area contributed by atoms with Crippen LogP contribution in [0.5, 0.6) is 0 Å². The molecule has 0 spiro atoms. The van der Waals surface area contributed by atoms with Gasteiger partial charge in [-0.1, -0.05) is 24.3 Å². The summed E-state index contributed by atoms with van der Waals surface area (Å²) in [6.45, 7) is 1.71. The van der Waals surface area contributed by atoms with Crippen molar-refractivity contribution in [1.82, 2.24) is 4.90 Å². The number of aryl methyl sites for hydroxylation is 1. The van der Waals surface area contributed by atoms with Crippen LogP contribution in [0.3, 0.4) is 0 Å². The molecular weight excluding hydrogens is 238 g/mol. The fourth-order valence-electron chi connectivity index (χ4n) is 3.51. The normalized spacial score (nSPS) is 28.4. The Balaban J connectivity index is 1.75. The minimum Gasteiger partial charge on any atom is -0.387 e. The van der Waals surface area contributed by atoms with Crippen LogP contribution in [0.15, 0.2) is 24.3 Å². The maximum Gasteiger partial charge on any atom is 0.0947 e. The number of aliphatic hydroxyl groups excluding tert-OH is 1. The smallest absolute Gasteiger partial charge is 0.0947 e. The highest BCUT2D eigenvalue weighted by Gasteiger charge is 2.33. The van der Waals surface area contributed by atoms with Crippen LogP contribution in [0.2, 0.25) is 0 Å². The molecule has 1 heterocycles. The standard InChI is InChI=1S/C16H23NO2/c1-17(13-8-10-19-11-9-13)15-7-6-12-4-2-3-5-14(12)16(15)18/h2-5,13,15-16,18H,6-11H2,1H3. The fourth-order valence-corrected chi connectivity index (χ4v) is 3.51. The van der Waals surface area contributed by atoms with E-state index in [2.05, 4.69) is 30.1 Å². The van der Waals surface area contributed by atoms with Crippen LogP contribution < -0.4 is 0 Å². The van der Waals surface area contributed by atoms with Gasteiger partial charge in [0.25, 0.3) is 0 Å². The lowest BCUT2D eigenvalue weighted by atomic mass is 9.84. The van der Waals surface area contributed by atoms with Gasteiger partial charge in [-0.15, -0.1) is 0 Å². The molecule has 0 radical (unpaired) electrons. The maximum atomic E-state index is 10.6. The monoisotopic (exact) mass is 261 g/mol. The van der Waals surface area contributed by atoms with Gasteiger partial charge in [-0.2, -0.15) is 0 Å². The Labute approximate surface area is 115 Å². The zero-order valence-corrected chi connectivity index (χ0v) is 11.6. The van der Waals surface area contributed by atoms with Crippen molar-refractivity contribution in [2.45, 2.75) is 43.9 Å². The topological polar surface area (TPSA) is 32.7 Å². The van der Waals surface area contributed by atoms with E-state index in [-0.39, 0.29) is 12.1 Å². The molecule has 1 N–H and O–H groups in total. The summed E-state index contributed by atoms with van der Waals surface area (Å²) < 4.78 is 5.43. The third-order valence-electron chi connectivity index (χ3n) is 4.74. The number of rotatable bonds is 2. The molecule has 1 fully saturated rings. The van der Waals surface area contributed by atoms with Crippen molar-refractivity contribution < 1.29 is 9.84 Å². The summed E-state index contributed by atoms with van der Waals surface area (Å²) in [6, 6.07) is 9.11. The summed E-state index contributed by atoms with van der Waals surface area (Å²) in [5.41, 5.74) is 2.43. The summed E-state index contributed by atoms with van der Waals surface area (Å²) in [6.07, 6.45) is 3.94. The molecule has 2 aliphatic rings. The van der Waals surface area contributed by atoms with Crippen LogP contribution in [0, 0.1) is 0 Å². The first-order valence-electron chi connectivity index (χ1n) is 7.33. The fraction of sp³-hybridized carbons (Fsp3) is 0.625. The molecule has 3 nitrogen and oxygen atoms in total. The predicted octanol–water partition coefficient (Wildman–Crippen LogP) is 2.15. The van der Waals surface area contributed by atoms with Gasteiger partial charge in [0.05, 0.1) is 6.10 Å². The average molecular weight is 261 g/mol.